The summed E-state index contributed by atoms with van der Waals surface area (Å²) in [6.45, 7) is 2.28. The van der Waals surface area contributed by atoms with Gasteiger partial charge in [-0.2, -0.15) is 4.79 Å². The number of carbonyl (C=O) groups excluding carboxylic acids is 3. The number of rotatable bonds is 12. The van der Waals surface area contributed by atoms with E-state index < -0.39 is 29.8 Å². The molecule has 27 heavy (non-hydrogen) atoms. The molecule has 0 aromatic rings. The van der Waals surface area contributed by atoms with Crippen molar-refractivity contribution in [3.05, 3.63) is 5.53 Å². The van der Waals surface area contributed by atoms with Crippen LogP contribution in [0.1, 0.15) is 51.9 Å². The first kappa shape index (κ1) is 23.0. The van der Waals surface area contributed by atoms with Crippen molar-refractivity contribution in [2.75, 3.05) is 20.3 Å². The largest absolute Gasteiger partial charge is 0.463 e. The number of ketones is 1. The zero-order chi connectivity index (χ0) is 20.1. The smallest absolute Gasteiger partial charge is 0.328 e. The summed E-state index contributed by atoms with van der Waals surface area (Å²) in [6.07, 6.45) is 5.98. The van der Waals surface area contributed by atoms with Gasteiger partial charge < -0.3 is 25.6 Å². The van der Waals surface area contributed by atoms with Gasteiger partial charge in [0.2, 0.25) is 11.7 Å². The summed E-state index contributed by atoms with van der Waals surface area (Å²) in [7, 11) is 1.38. The third-order valence-corrected chi connectivity index (χ3v) is 4.59. The second-order valence-electron chi connectivity index (χ2n) is 6.65. The molecule has 1 saturated carbocycles. The van der Waals surface area contributed by atoms with Crippen molar-refractivity contribution in [1.29, 1.82) is 0 Å². The topological polar surface area (TPSA) is 130 Å². The van der Waals surface area contributed by atoms with Crippen molar-refractivity contribution in [3.8, 4) is 0 Å². The van der Waals surface area contributed by atoms with Crippen molar-refractivity contribution in [2.45, 2.75) is 70.1 Å². The van der Waals surface area contributed by atoms with E-state index in [9.17, 15) is 14.4 Å². The van der Waals surface area contributed by atoms with Crippen molar-refractivity contribution in [1.82, 2.24) is 10.6 Å². The molecule has 0 heterocycles. The van der Waals surface area contributed by atoms with Gasteiger partial charge in [0.15, 0.2) is 0 Å². The van der Waals surface area contributed by atoms with Crippen LogP contribution in [0.4, 0.5) is 0 Å². The van der Waals surface area contributed by atoms with Crippen LogP contribution in [-0.2, 0) is 23.9 Å². The third-order valence-electron chi connectivity index (χ3n) is 4.59. The van der Waals surface area contributed by atoms with Crippen molar-refractivity contribution >= 4 is 23.9 Å². The Balaban J connectivity index is 2.47. The predicted octanol–water partition coefficient (Wildman–Crippen LogP) is 0.622. The molecule has 2 N–H and O–H groups in total. The van der Waals surface area contributed by atoms with Crippen molar-refractivity contribution in [3.63, 3.8) is 0 Å². The van der Waals surface area contributed by atoms with Gasteiger partial charge in [0, 0.05) is 26.1 Å². The Kier molecular flexibility index (Phi) is 11.2. The lowest BCUT2D eigenvalue weighted by atomic mass is 9.96. The fourth-order valence-electron chi connectivity index (χ4n) is 2.88. The molecule has 0 saturated heterocycles. The van der Waals surface area contributed by atoms with Gasteiger partial charge in [0.05, 0.1) is 0 Å². The van der Waals surface area contributed by atoms with Crippen molar-refractivity contribution < 1.29 is 28.6 Å². The Labute approximate surface area is 159 Å². The van der Waals surface area contributed by atoms with E-state index in [1.54, 1.807) is 6.92 Å². The average Bonchev–Trinajstić information content (AvgIpc) is 2.68. The number of ether oxygens (including phenoxy) is 2. The third kappa shape index (κ3) is 9.42. The molecule has 1 aliphatic carbocycles. The molecule has 9 heteroatoms. The summed E-state index contributed by atoms with van der Waals surface area (Å²) >= 11 is 0. The molecular formula is C18H30N4O5. The van der Waals surface area contributed by atoms with Crippen LogP contribution in [-0.4, -0.2) is 67.1 Å². The average molecular weight is 382 g/mol. The molecular weight excluding hydrogens is 352 g/mol. The highest BCUT2D eigenvalue weighted by atomic mass is 16.5. The first-order chi connectivity index (χ1) is 13.0. The number of carbonyl (C=O) groups is 3. The van der Waals surface area contributed by atoms with Crippen molar-refractivity contribution in [2.24, 2.45) is 0 Å². The minimum Gasteiger partial charge on any atom is -0.463 e. The van der Waals surface area contributed by atoms with E-state index in [4.69, 9.17) is 15.0 Å². The monoisotopic (exact) mass is 382 g/mol. The van der Waals surface area contributed by atoms with Gasteiger partial charge in [-0.25, -0.2) is 4.79 Å². The minimum absolute atomic E-state index is 0.0436. The van der Waals surface area contributed by atoms with Gasteiger partial charge in [-0.05, 0) is 26.2 Å². The van der Waals surface area contributed by atoms with Crippen LogP contribution < -0.4 is 10.6 Å². The van der Waals surface area contributed by atoms with Gasteiger partial charge in [-0.3, -0.25) is 9.59 Å². The number of methoxy groups -OCH3 is 1. The van der Waals surface area contributed by atoms with E-state index in [-0.39, 0.29) is 19.4 Å². The van der Waals surface area contributed by atoms with E-state index in [1.807, 2.05) is 0 Å². The number of hydrogen-bond donors (Lipinski definition) is 2. The molecule has 9 nitrogen and oxygen atoms in total. The van der Waals surface area contributed by atoms with E-state index in [1.165, 1.54) is 26.4 Å². The maximum absolute atomic E-state index is 12.3. The molecule has 0 aliphatic heterocycles. The van der Waals surface area contributed by atoms with Crippen LogP contribution in [0.2, 0.25) is 0 Å². The lowest BCUT2D eigenvalue weighted by Gasteiger charge is -2.23. The number of nitrogens with one attached hydrogen (secondary N) is 2. The van der Waals surface area contributed by atoms with Gasteiger partial charge in [0.25, 0.3) is 0 Å². The molecule has 1 amide bonds. The molecule has 152 valence electrons. The maximum atomic E-state index is 12.3. The molecule has 0 spiro atoms. The highest BCUT2D eigenvalue weighted by Gasteiger charge is 2.25. The Morgan fingerprint density at radius 1 is 1.26 bits per heavy atom. The first-order valence-corrected chi connectivity index (χ1v) is 9.41. The van der Waals surface area contributed by atoms with E-state index in [0.717, 1.165) is 19.1 Å². The van der Waals surface area contributed by atoms with Gasteiger partial charge >= 0.3 is 12.2 Å². The van der Waals surface area contributed by atoms with Gasteiger partial charge in [-0.1, -0.05) is 19.3 Å². The lowest BCUT2D eigenvalue weighted by Crippen LogP contribution is -2.46. The number of esters is 1. The zero-order valence-electron chi connectivity index (χ0n) is 16.1. The summed E-state index contributed by atoms with van der Waals surface area (Å²) in [6, 6.07) is -0.508. The standard InChI is InChI=1S/C18H30N4O5/c1-13(26-2)17(24)22-16(9-8-15(23)12-21-19)18(25)27-11-10-20-14-6-4-3-5-7-14/h12-14,16,20H,3-11H2,1-2H3,(H,22,24)/t13-,16-/m0/s1. The highest BCUT2D eigenvalue weighted by molar-refractivity contribution is 6.25. The Morgan fingerprint density at radius 3 is 2.59 bits per heavy atom. The molecule has 0 bridgehead atoms. The number of nitrogens with zero attached hydrogens (tertiary/aromatic N) is 2. The lowest BCUT2D eigenvalue weighted by molar-refractivity contribution is -0.149. The molecule has 1 rings (SSSR count). The Morgan fingerprint density at radius 2 is 1.96 bits per heavy atom. The normalized spacial score (nSPS) is 16.7. The quantitative estimate of drug-likeness (QED) is 0.167. The summed E-state index contributed by atoms with van der Waals surface area (Å²) in [5.74, 6) is -1.53. The SMILES string of the molecule is CO[C@@H](C)C(=O)N[C@@H](CCC(=O)C=[N+]=[N-])C(=O)OCCNC1CCCCC1. The summed E-state index contributed by atoms with van der Waals surface area (Å²) in [5, 5.41) is 5.90. The van der Waals surface area contributed by atoms with Crippen LogP contribution in [0.3, 0.4) is 0 Å². The molecule has 0 radical (unpaired) electrons. The molecule has 0 aromatic heterocycles. The van der Waals surface area contributed by atoms with Crippen LogP contribution >= 0.6 is 0 Å². The van der Waals surface area contributed by atoms with Crippen LogP contribution in [0, 0.1) is 0 Å². The summed E-state index contributed by atoms with van der Waals surface area (Å²) in [4.78, 5) is 38.4. The number of Topliss-reactive ketones (excluding diaryl/α,β-unsaturated/α-hetero) is 1. The van der Waals surface area contributed by atoms with Gasteiger partial charge in [0.1, 0.15) is 18.8 Å². The summed E-state index contributed by atoms with van der Waals surface area (Å²) < 4.78 is 10.2. The molecule has 0 unspecified atom stereocenters. The summed E-state index contributed by atoms with van der Waals surface area (Å²) in [5.41, 5.74) is 8.38. The van der Waals surface area contributed by atoms with E-state index in [2.05, 4.69) is 15.4 Å². The van der Waals surface area contributed by atoms with Gasteiger partial charge in [-0.15, -0.1) is 0 Å². The fourth-order valence-corrected chi connectivity index (χ4v) is 2.88. The second kappa shape index (κ2) is 13.1. The van der Waals surface area contributed by atoms with E-state index in [0.29, 0.717) is 12.6 Å². The van der Waals surface area contributed by atoms with Crippen LogP contribution in [0.25, 0.3) is 5.53 Å². The minimum atomic E-state index is -0.971. The molecule has 2 atom stereocenters. The highest BCUT2D eigenvalue weighted by Crippen LogP contribution is 2.17. The zero-order valence-corrected chi connectivity index (χ0v) is 16.1. The fraction of sp³-hybridized carbons (Fsp3) is 0.778. The Hall–Kier alpha value is -2.09. The van der Waals surface area contributed by atoms with Crippen LogP contribution in [0.15, 0.2) is 0 Å². The molecule has 1 fully saturated rings. The predicted molar refractivity (Wildman–Crippen MR) is 98.2 cm³/mol. The van der Waals surface area contributed by atoms with E-state index >= 15 is 0 Å². The number of hydrogen-bond acceptors (Lipinski definition) is 6. The first-order valence-electron chi connectivity index (χ1n) is 9.41. The second-order valence-corrected chi connectivity index (χ2v) is 6.65. The molecule has 0 aromatic carbocycles. The maximum Gasteiger partial charge on any atom is 0.328 e. The Bertz CT molecular complexity index is 542. The molecule has 1 aliphatic rings. The number of amides is 1. The van der Waals surface area contributed by atoms with Crippen LogP contribution in [0.5, 0.6) is 0 Å².